The van der Waals surface area contributed by atoms with Gasteiger partial charge in [0.25, 0.3) is 0 Å². The van der Waals surface area contributed by atoms with Gasteiger partial charge in [0.2, 0.25) is 23.6 Å². The van der Waals surface area contributed by atoms with Crippen molar-refractivity contribution in [3.05, 3.63) is 131 Å². The summed E-state index contributed by atoms with van der Waals surface area (Å²) in [6.07, 6.45) is 1.98. The predicted molar refractivity (Wildman–Crippen MR) is 267 cm³/mol. The maximum atomic E-state index is 14.0. The minimum Gasteiger partial charge on any atom is -0.508 e. The average molecular weight is 965 g/mol. The molecule has 1 fully saturated rings. The Balaban J connectivity index is 0.918. The van der Waals surface area contributed by atoms with Crippen LogP contribution >= 0.6 is 22.9 Å². The number of phenolic OH excluding ortho intramolecular Hbond substituents is 2. The van der Waals surface area contributed by atoms with E-state index in [1.54, 1.807) is 35.6 Å². The molecule has 4 aromatic carbocycles. The molecule has 3 atom stereocenters. The zero-order chi connectivity index (χ0) is 48.8. The van der Waals surface area contributed by atoms with Crippen LogP contribution < -0.4 is 20.7 Å². The monoisotopic (exact) mass is 963 g/mol. The van der Waals surface area contributed by atoms with Crippen LogP contribution in [0.3, 0.4) is 0 Å². The molecule has 0 aliphatic carbocycles. The summed E-state index contributed by atoms with van der Waals surface area (Å²) >= 11 is 7.85. The van der Waals surface area contributed by atoms with Crippen molar-refractivity contribution in [3.8, 4) is 27.7 Å². The number of nitrogens with one attached hydrogen (secondary N) is 3. The van der Waals surface area contributed by atoms with E-state index < -0.39 is 29.5 Å². The highest BCUT2D eigenvalue weighted by atomic mass is 35.5. The van der Waals surface area contributed by atoms with Gasteiger partial charge in [0.1, 0.15) is 35.9 Å². The molecule has 0 unspecified atom stereocenters. The Labute approximate surface area is 407 Å². The van der Waals surface area contributed by atoms with Gasteiger partial charge >= 0.3 is 0 Å². The summed E-state index contributed by atoms with van der Waals surface area (Å²) in [6, 6.07) is 27.7. The number of amides is 4. The molecule has 360 valence electrons. The number of phenols is 2. The molecule has 4 amide bonds. The standard InChI is InChI=1S/C53H62ClN5O8S/c1-34-49(68-33-57-34)39-12-10-35(11-13-39)31-56-51(65)45-30-42(62)32-59(45)52(66)50(53(2,3)4)58-47(64)9-7-5-6-8-46(63)55-28-29-67-43-24-18-38(19-25-43)48(37-16-22-41(61)23-17-37)44(26-27-54)36-14-20-40(60)21-15-36/h10-25,33,42,45,50,60-62H,5-9,26-32H2,1-4H3,(H,55,63)(H,56,65)(H,58,64)/t42-,45+,50-/m1/s1. The molecule has 1 aliphatic heterocycles. The number of aliphatic hydroxyl groups excluding tert-OH is 1. The van der Waals surface area contributed by atoms with Crippen molar-refractivity contribution in [1.82, 2.24) is 25.8 Å². The van der Waals surface area contributed by atoms with Crippen molar-refractivity contribution < 1.29 is 39.2 Å². The van der Waals surface area contributed by atoms with Gasteiger partial charge in [-0.2, -0.15) is 0 Å². The molecule has 13 nitrogen and oxygen atoms in total. The first kappa shape index (κ1) is 51.2. The van der Waals surface area contributed by atoms with Crippen LogP contribution in [0.2, 0.25) is 0 Å². The van der Waals surface area contributed by atoms with Crippen molar-refractivity contribution in [2.75, 3.05) is 25.6 Å². The highest BCUT2D eigenvalue weighted by Gasteiger charge is 2.44. The van der Waals surface area contributed by atoms with Gasteiger partial charge in [0, 0.05) is 38.2 Å². The Morgan fingerprint density at radius 1 is 0.809 bits per heavy atom. The Bertz CT molecular complexity index is 2500. The second kappa shape index (κ2) is 24.2. The number of halogens is 1. The number of benzene rings is 4. The number of nitrogens with zero attached hydrogens (tertiary/aromatic N) is 2. The van der Waals surface area contributed by atoms with Crippen LogP contribution in [-0.2, 0) is 25.7 Å². The van der Waals surface area contributed by atoms with Crippen LogP contribution in [0.15, 0.2) is 103 Å². The number of allylic oxidation sites excluding steroid dienone is 1. The van der Waals surface area contributed by atoms with Crippen molar-refractivity contribution in [3.63, 3.8) is 0 Å². The largest absolute Gasteiger partial charge is 0.508 e. The number of carbonyl (C=O) groups is 4. The maximum absolute atomic E-state index is 14.0. The topological polar surface area (TPSA) is 190 Å². The molecule has 0 bridgehead atoms. The van der Waals surface area contributed by atoms with Crippen LogP contribution in [-0.4, -0.2) is 92.6 Å². The number of hydrogen-bond donors (Lipinski definition) is 6. The number of ether oxygens (including phenoxy) is 1. The maximum Gasteiger partial charge on any atom is 0.246 e. The van der Waals surface area contributed by atoms with Crippen LogP contribution in [0.25, 0.3) is 21.6 Å². The molecule has 0 saturated carbocycles. The third-order valence-electron chi connectivity index (χ3n) is 11.9. The number of hydrogen-bond acceptors (Lipinski definition) is 10. The second-order valence-electron chi connectivity index (χ2n) is 18.1. The van der Waals surface area contributed by atoms with Crippen LogP contribution in [0.1, 0.15) is 93.7 Å². The van der Waals surface area contributed by atoms with Gasteiger partial charge in [-0.3, -0.25) is 19.2 Å². The van der Waals surface area contributed by atoms with E-state index in [9.17, 15) is 34.5 Å². The highest BCUT2D eigenvalue weighted by Crippen LogP contribution is 2.37. The lowest BCUT2D eigenvalue weighted by Crippen LogP contribution is -2.57. The Kier molecular flexibility index (Phi) is 18.2. The van der Waals surface area contributed by atoms with Crippen molar-refractivity contribution in [2.24, 2.45) is 5.41 Å². The molecule has 2 heterocycles. The molecular weight excluding hydrogens is 902 g/mol. The normalized spacial score (nSPS) is 15.6. The number of aromatic hydroxyl groups is 2. The van der Waals surface area contributed by atoms with Crippen LogP contribution in [0, 0.1) is 12.3 Å². The van der Waals surface area contributed by atoms with E-state index in [0.717, 1.165) is 49.5 Å². The molecule has 1 aromatic heterocycles. The van der Waals surface area contributed by atoms with Gasteiger partial charge in [0.05, 0.1) is 28.7 Å². The first-order valence-electron chi connectivity index (χ1n) is 23.0. The van der Waals surface area contributed by atoms with E-state index in [1.807, 2.05) is 106 Å². The van der Waals surface area contributed by atoms with Gasteiger partial charge in [0.15, 0.2) is 0 Å². The summed E-state index contributed by atoms with van der Waals surface area (Å²) in [5.74, 6) is 0.133. The molecule has 6 N–H and O–H groups in total. The van der Waals surface area contributed by atoms with Crippen molar-refractivity contribution >= 4 is 57.7 Å². The molecule has 1 aliphatic rings. The average Bonchev–Trinajstić information content (AvgIpc) is 3.94. The van der Waals surface area contributed by atoms with E-state index in [1.165, 1.54) is 4.90 Å². The van der Waals surface area contributed by atoms with Crippen molar-refractivity contribution in [2.45, 2.75) is 97.4 Å². The van der Waals surface area contributed by atoms with Gasteiger partial charge in [-0.15, -0.1) is 22.9 Å². The number of unbranched alkanes of at least 4 members (excludes halogenated alkanes) is 2. The first-order chi connectivity index (χ1) is 32.6. The Morgan fingerprint density at radius 2 is 1.41 bits per heavy atom. The van der Waals surface area contributed by atoms with Gasteiger partial charge in [-0.05, 0) is 107 Å². The van der Waals surface area contributed by atoms with E-state index in [4.69, 9.17) is 16.3 Å². The summed E-state index contributed by atoms with van der Waals surface area (Å²) in [7, 11) is 0. The van der Waals surface area contributed by atoms with E-state index in [-0.39, 0.29) is 68.2 Å². The Hall–Kier alpha value is -6.22. The quantitative estimate of drug-likeness (QED) is 0.0238. The molecular formula is C53H62ClN5O8S. The predicted octanol–water partition coefficient (Wildman–Crippen LogP) is 8.37. The molecule has 6 rings (SSSR count). The van der Waals surface area contributed by atoms with E-state index >= 15 is 0 Å². The van der Waals surface area contributed by atoms with E-state index in [2.05, 4.69) is 20.9 Å². The van der Waals surface area contributed by atoms with E-state index in [0.29, 0.717) is 43.9 Å². The summed E-state index contributed by atoms with van der Waals surface area (Å²) in [5.41, 5.74) is 8.69. The van der Waals surface area contributed by atoms with Gasteiger partial charge in [-0.1, -0.05) is 87.9 Å². The summed E-state index contributed by atoms with van der Waals surface area (Å²) in [4.78, 5) is 60.1. The third kappa shape index (κ3) is 14.2. The highest BCUT2D eigenvalue weighted by molar-refractivity contribution is 7.13. The SMILES string of the molecule is Cc1ncsc1-c1ccc(CNC(=O)[C@@H]2C[C@@H](O)CN2C(=O)[C@@H](NC(=O)CCCCCC(=O)NCCOc2ccc(C(=C(CCCl)c3ccc(O)cc3)c3ccc(O)cc3)cc2)C(C)(C)C)cc1. The number of carbonyl (C=O) groups excluding carboxylic acids is 4. The smallest absolute Gasteiger partial charge is 0.246 e. The zero-order valence-corrected chi connectivity index (χ0v) is 40.7. The van der Waals surface area contributed by atoms with Gasteiger partial charge < -0.3 is 40.9 Å². The summed E-state index contributed by atoms with van der Waals surface area (Å²) in [5, 5.41) is 39.2. The number of aryl methyl sites for hydroxylation is 1. The number of β-amino-alcohol motifs (C(OH)–C–C–N with tert-alkyl or cyclic N) is 1. The molecule has 0 spiro atoms. The molecule has 68 heavy (non-hydrogen) atoms. The molecule has 5 aromatic rings. The van der Waals surface area contributed by atoms with Crippen molar-refractivity contribution in [1.29, 1.82) is 0 Å². The number of aliphatic hydroxyl groups is 1. The van der Waals surface area contributed by atoms with Gasteiger partial charge in [-0.25, -0.2) is 4.98 Å². The number of rotatable bonds is 21. The molecule has 15 heteroatoms. The Morgan fingerprint density at radius 3 is 2.00 bits per heavy atom. The van der Waals surface area contributed by atoms with Crippen LogP contribution in [0.5, 0.6) is 17.2 Å². The fourth-order valence-corrected chi connectivity index (χ4v) is 9.24. The summed E-state index contributed by atoms with van der Waals surface area (Å²) < 4.78 is 5.94. The third-order valence-corrected chi connectivity index (χ3v) is 13.0. The number of aromatic nitrogens is 1. The first-order valence-corrected chi connectivity index (χ1v) is 24.5. The molecule has 0 radical (unpaired) electrons. The van der Waals surface area contributed by atoms with Crippen LogP contribution in [0.4, 0.5) is 0 Å². The lowest BCUT2D eigenvalue weighted by Gasteiger charge is -2.35. The molecule has 1 saturated heterocycles. The zero-order valence-electron chi connectivity index (χ0n) is 39.1. The summed E-state index contributed by atoms with van der Waals surface area (Å²) in [6.45, 7) is 8.33. The lowest BCUT2D eigenvalue weighted by molar-refractivity contribution is -0.144. The fourth-order valence-electron chi connectivity index (χ4n) is 8.24. The minimum absolute atomic E-state index is 0.00845. The minimum atomic E-state index is -0.922. The number of likely N-dealkylation sites (tertiary alicyclic amines) is 1. The number of thiazole rings is 1. The fraction of sp³-hybridized carbons (Fsp3) is 0.377. The number of alkyl halides is 1. The second-order valence-corrected chi connectivity index (χ2v) is 19.3. The lowest BCUT2D eigenvalue weighted by atomic mass is 9.85.